The van der Waals surface area contributed by atoms with Crippen LogP contribution < -0.4 is 11.5 Å². The Morgan fingerprint density at radius 1 is 1.45 bits per heavy atom. The molecule has 0 aromatic carbocycles. The van der Waals surface area contributed by atoms with Gasteiger partial charge in [0.15, 0.2) is 5.65 Å². The van der Waals surface area contributed by atoms with Gasteiger partial charge in [0.25, 0.3) is 0 Å². The van der Waals surface area contributed by atoms with Crippen molar-refractivity contribution < 1.29 is 0 Å². The summed E-state index contributed by atoms with van der Waals surface area (Å²) in [6.45, 7) is 0. The van der Waals surface area contributed by atoms with Gasteiger partial charge in [0.1, 0.15) is 5.82 Å². The number of aromatic nitrogens is 3. The topological polar surface area (TPSA) is 74.3 Å². The van der Waals surface area contributed by atoms with Crippen molar-refractivity contribution in [1.82, 2.24) is 14.2 Å². The monoisotopic (exact) mass is 151 g/mol. The van der Waals surface area contributed by atoms with Gasteiger partial charge in [0.2, 0.25) is 0 Å². The fraction of sp³-hybridized carbons (Fsp3) is 0.167. The highest BCUT2D eigenvalue weighted by Crippen LogP contribution is 2.16. The van der Waals surface area contributed by atoms with Gasteiger partial charge in [-0.25, -0.2) is 4.52 Å². The second-order valence-electron chi connectivity index (χ2n) is 2.48. The second-order valence-corrected chi connectivity index (χ2v) is 2.48. The van der Waals surface area contributed by atoms with Gasteiger partial charge in [-0.3, -0.25) is 0 Å². The van der Waals surface area contributed by atoms with E-state index in [2.05, 4.69) is 5.10 Å². The molecule has 0 aliphatic heterocycles. The summed E-state index contributed by atoms with van der Waals surface area (Å²) in [5.74, 6) is 0.653. The zero-order chi connectivity index (χ0) is 8.01. The van der Waals surface area contributed by atoms with Crippen LogP contribution in [0.15, 0.2) is 12.4 Å². The van der Waals surface area contributed by atoms with Crippen LogP contribution in [0.25, 0.3) is 5.65 Å². The predicted octanol–water partition coefficient (Wildman–Crippen LogP) is -0.163. The van der Waals surface area contributed by atoms with Gasteiger partial charge in [-0.15, -0.1) is 0 Å². The van der Waals surface area contributed by atoms with Gasteiger partial charge in [0.05, 0.1) is 18.1 Å². The third-order valence-corrected chi connectivity index (χ3v) is 1.76. The van der Waals surface area contributed by atoms with Crippen LogP contribution in [0.5, 0.6) is 0 Å². The molecular weight excluding hydrogens is 142 g/mol. The molecule has 0 saturated carbocycles. The van der Waals surface area contributed by atoms with Crippen molar-refractivity contribution >= 4 is 17.2 Å². The predicted molar refractivity (Wildman–Crippen MR) is 43.0 cm³/mol. The van der Waals surface area contributed by atoms with Crippen LogP contribution in [-0.4, -0.2) is 14.2 Å². The third kappa shape index (κ3) is 0.618. The molecule has 0 fully saturated rings. The van der Waals surface area contributed by atoms with Crippen molar-refractivity contribution in [3.8, 4) is 0 Å². The Kier molecular flexibility index (Phi) is 0.934. The SMILES string of the molecule is Cn1c(N)cn2ncc(N)c12. The Morgan fingerprint density at radius 2 is 2.18 bits per heavy atom. The van der Waals surface area contributed by atoms with E-state index in [0.29, 0.717) is 11.5 Å². The average Bonchev–Trinajstić information content (AvgIpc) is 2.41. The Bertz CT molecular complexity index is 396. The van der Waals surface area contributed by atoms with E-state index in [1.807, 2.05) is 7.05 Å². The summed E-state index contributed by atoms with van der Waals surface area (Å²) in [5.41, 5.74) is 12.7. The molecule has 2 aromatic heterocycles. The maximum atomic E-state index is 5.63. The Balaban J connectivity index is 2.95. The zero-order valence-electron chi connectivity index (χ0n) is 6.15. The average molecular weight is 151 g/mol. The maximum absolute atomic E-state index is 5.63. The minimum absolute atomic E-state index is 0.643. The fourth-order valence-corrected chi connectivity index (χ4v) is 1.15. The molecule has 0 atom stereocenters. The first-order valence-electron chi connectivity index (χ1n) is 3.24. The van der Waals surface area contributed by atoms with Gasteiger partial charge in [-0.1, -0.05) is 0 Å². The van der Waals surface area contributed by atoms with Crippen LogP contribution >= 0.6 is 0 Å². The van der Waals surface area contributed by atoms with Crippen LogP contribution in [0, 0.1) is 0 Å². The maximum Gasteiger partial charge on any atom is 0.160 e. The first-order chi connectivity index (χ1) is 5.20. The fourth-order valence-electron chi connectivity index (χ4n) is 1.15. The van der Waals surface area contributed by atoms with Crippen LogP contribution in [0.1, 0.15) is 0 Å². The second kappa shape index (κ2) is 1.69. The number of fused-ring (bicyclic) bond motifs is 1. The zero-order valence-corrected chi connectivity index (χ0v) is 6.15. The van der Waals surface area contributed by atoms with Crippen molar-refractivity contribution in [3.63, 3.8) is 0 Å². The molecule has 11 heavy (non-hydrogen) atoms. The van der Waals surface area contributed by atoms with Crippen molar-refractivity contribution in [2.75, 3.05) is 11.5 Å². The normalized spacial score (nSPS) is 11.0. The number of nitrogen functional groups attached to an aromatic ring is 2. The highest BCUT2D eigenvalue weighted by Gasteiger charge is 2.06. The highest BCUT2D eigenvalue weighted by atomic mass is 15.3. The molecule has 0 unspecified atom stereocenters. The van der Waals surface area contributed by atoms with Crippen molar-refractivity contribution in [1.29, 1.82) is 0 Å². The number of anilines is 2. The molecule has 5 heteroatoms. The van der Waals surface area contributed by atoms with Crippen molar-refractivity contribution in [2.45, 2.75) is 0 Å². The number of imidazole rings is 1. The lowest BCUT2D eigenvalue weighted by Crippen LogP contribution is -1.96. The molecule has 0 amide bonds. The van der Waals surface area contributed by atoms with Crippen molar-refractivity contribution in [3.05, 3.63) is 12.4 Å². The first-order valence-corrected chi connectivity index (χ1v) is 3.24. The van der Waals surface area contributed by atoms with Crippen molar-refractivity contribution in [2.24, 2.45) is 7.05 Å². The summed E-state index contributed by atoms with van der Waals surface area (Å²) in [5, 5.41) is 3.99. The van der Waals surface area contributed by atoms with E-state index in [9.17, 15) is 0 Å². The Labute approximate surface area is 63.2 Å². The lowest BCUT2D eigenvalue weighted by Gasteiger charge is -1.94. The van der Waals surface area contributed by atoms with E-state index in [1.165, 1.54) is 0 Å². The first kappa shape index (κ1) is 6.09. The number of hydrogen-bond acceptors (Lipinski definition) is 3. The molecule has 0 aliphatic rings. The molecule has 0 radical (unpaired) electrons. The quantitative estimate of drug-likeness (QED) is 0.549. The molecule has 0 spiro atoms. The molecular formula is C6H9N5. The van der Waals surface area contributed by atoms with Gasteiger partial charge < -0.3 is 16.0 Å². The summed E-state index contributed by atoms with van der Waals surface area (Å²) in [6.07, 6.45) is 3.33. The van der Waals surface area contributed by atoms with Gasteiger partial charge in [-0.05, 0) is 0 Å². The molecule has 58 valence electrons. The molecule has 5 nitrogen and oxygen atoms in total. The van der Waals surface area contributed by atoms with E-state index in [1.54, 1.807) is 21.5 Å². The van der Waals surface area contributed by atoms with Crippen LogP contribution in [0.2, 0.25) is 0 Å². The molecule has 2 rings (SSSR count). The Hall–Kier alpha value is -1.65. The summed E-state index contributed by atoms with van der Waals surface area (Å²) < 4.78 is 3.45. The summed E-state index contributed by atoms with van der Waals surface area (Å²) in [4.78, 5) is 0. The van der Waals surface area contributed by atoms with Gasteiger partial charge >= 0.3 is 0 Å². The summed E-state index contributed by atoms with van der Waals surface area (Å²) in [7, 11) is 1.85. The standard InChI is InChI=1S/C6H9N5/c1-10-5(8)3-11-6(10)4(7)2-9-11/h2-3H,7-8H2,1H3. The number of hydrogen-bond donors (Lipinski definition) is 2. The van der Waals surface area contributed by atoms with Gasteiger partial charge in [0, 0.05) is 7.05 Å². The summed E-state index contributed by atoms with van der Waals surface area (Å²) >= 11 is 0. The van der Waals surface area contributed by atoms with Crippen LogP contribution in [0.3, 0.4) is 0 Å². The summed E-state index contributed by atoms with van der Waals surface area (Å²) in [6, 6.07) is 0. The molecule has 0 aliphatic carbocycles. The lowest BCUT2D eigenvalue weighted by molar-refractivity contribution is 0.932. The molecule has 2 heterocycles. The molecule has 0 saturated heterocycles. The highest BCUT2D eigenvalue weighted by molar-refractivity contribution is 5.67. The van der Waals surface area contributed by atoms with E-state index < -0.39 is 0 Å². The number of nitrogens with zero attached hydrogens (tertiary/aromatic N) is 3. The molecule has 2 aromatic rings. The van der Waals surface area contributed by atoms with Crippen LogP contribution in [0.4, 0.5) is 11.5 Å². The molecule has 0 bridgehead atoms. The van der Waals surface area contributed by atoms with Gasteiger partial charge in [-0.2, -0.15) is 5.10 Å². The smallest absolute Gasteiger partial charge is 0.160 e. The van der Waals surface area contributed by atoms with E-state index in [4.69, 9.17) is 11.5 Å². The Morgan fingerprint density at radius 3 is 2.82 bits per heavy atom. The van der Waals surface area contributed by atoms with E-state index in [-0.39, 0.29) is 0 Å². The largest absolute Gasteiger partial charge is 0.394 e. The number of aryl methyl sites for hydroxylation is 1. The molecule has 4 N–H and O–H groups in total. The number of nitrogens with two attached hydrogens (primary N) is 2. The minimum atomic E-state index is 0.643. The minimum Gasteiger partial charge on any atom is -0.394 e. The lowest BCUT2D eigenvalue weighted by atomic mass is 10.5. The van der Waals surface area contributed by atoms with E-state index >= 15 is 0 Å². The number of rotatable bonds is 0. The van der Waals surface area contributed by atoms with Crippen LogP contribution in [-0.2, 0) is 7.05 Å². The van der Waals surface area contributed by atoms with E-state index in [0.717, 1.165) is 5.65 Å². The third-order valence-electron chi connectivity index (χ3n) is 1.76.